The number of halogens is 1. The highest BCUT2D eigenvalue weighted by molar-refractivity contribution is 14.0. The van der Waals surface area contributed by atoms with Gasteiger partial charge in [0, 0.05) is 38.1 Å². The Morgan fingerprint density at radius 1 is 1.35 bits per heavy atom. The van der Waals surface area contributed by atoms with E-state index in [4.69, 9.17) is 0 Å². The minimum Gasteiger partial charge on any atom is -0.357 e. The molecule has 0 aliphatic rings. The Morgan fingerprint density at radius 3 is 2.65 bits per heavy atom. The van der Waals surface area contributed by atoms with Gasteiger partial charge < -0.3 is 10.6 Å². The molecule has 1 atom stereocenters. The average molecular weight is 435 g/mol. The number of hydrogen-bond donors (Lipinski definition) is 2. The molecule has 0 spiro atoms. The normalized spacial score (nSPS) is 13.3. The summed E-state index contributed by atoms with van der Waals surface area (Å²) in [7, 11) is 0. The van der Waals surface area contributed by atoms with Crippen LogP contribution >= 0.6 is 24.0 Å². The molecule has 0 radical (unpaired) electrons. The molecule has 1 heterocycles. The summed E-state index contributed by atoms with van der Waals surface area (Å²) in [6, 6.07) is 2.38. The molecular weight excluding hydrogens is 401 g/mol. The maximum Gasteiger partial charge on any atom is 0.191 e. The summed E-state index contributed by atoms with van der Waals surface area (Å²) in [5.41, 5.74) is 0.384. The van der Waals surface area contributed by atoms with E-state index in [0.29, 0.717) is 11.5 Å². The van der Waals surface area contributed by atoms with Crippen molar-refractivity contribution in [1.82, 2.24) is 20.4 Å². The van der Waals surface area contributed by atoms with Crippen molar-refractivity contribution in [2.45, 2.75) is 66.5 Å². The van der Waals surface area contributed by atoms with Gasteiger partial charge in [0.2, 0.25) is 0 Å². The Hall–Kier alpha value is -0.790. The van der Waals surface area contributed by atoms with Gasteiger partial charge in [-0.25, -0.2) is 0 Å². The van der Waals surface area contributed by atoms with Gasteiger partial charge in [0.25, 0.3) is 0 Å². The second-order valence-electron chi connectivity index (χ2n) is 7.03. The van der Waals surface area contributed by atoms with Crippen LogP contribution in [0.2, 0.25) is 0 Å². The van der Waals surface area contributed by atoms with Crippen molar-refractivity contribution >= 4 is 29.9 Å². The number of aliphatic imine (C=N–C) groups is 1. The fraction of sp³-hybridized carbons (Fsp3) is 0.765. The molecule has 6 heteroatoms. The van der Waals surface area contributed by atoms with Crippen molar-refractivity contribution in [2.75, 3.05) is 13.1 Å². The zero-order valence-corrected chi connectivity index (χ0v) is 17.6. The molecule has 0 fully saturated rings. The number of rotatable bonds is 8. The molecule has 134 valence electrons. The summed E-state index contributed by atoms with van der Waals surface area (Å²) >= 11 is 0. The highest BCUT2D eigenvalue weighted by Gasteiger charge is 2.13. The first-order valence-electron chi connectivity index (χ1n) is 8.43. The molecule has 0 amide bonds. The third-order valence-electron chi connectivity index (χ3n) is 3.43. The van der Waals surface area contributed by atoms with Crippen molar-refractivity contribution < 1.29 is 0 Å². The first-order chi connectivity index (χ1) is 10.4. The second kappa shape index (κ2) is 11.7. The molecule has 1 aromatic rings. The van der Waals surface area contributed by atoms with Crippen LogP contribution in [0.3, 0.4) is 0 Å². The van der Waals surface area contributed by atoms with Gasteiger partial charge in [0.05, 0.1) is 0 Å². The minimum atomic E-state index is 0. The van der Waals surface area contributed by atoms with Crippen LogP contribution in [0, 0.1) is 5.41 Å². The Morgan fingerprint density at radius 2 is 2.09 bits per heavy atom. The molecule has 0 aliphatic carbocycles. The van der Waals surface area contributed by atoms with Crippen molar-refractivity contribution in [3.05, 3.63) is 18.5 Å². The number of aryl methyl sites for hydroxylation is 1. The largest absolute Gasteiger partial charge is 0.357 e. The molecule has 0 bridgehead atoms. The van der Waals surface area contributed by atoms with E-state index in [1.54, 1.807) is 0 Å². The van der Waals surface area contributed by atoms with E-state index >= 15 is 0 Å². The Kier molecular flexibility index (Phi) is 11.3. The van der Waals surface area contributed by atoms with Crippen molar-refractivity contribution in [3.63, 3.8) is 0 Å². The molecule has 0 saturated carbocycles. The van der Waals surface area contributed by atoms with Gasteiger partial charge in [-0.3, -0.25) is 9.67 Å². The minimum absolute atomic E-state index is 0. The average Bonchev–Trinajstić information content (AvgIpc) is 2.94. The van der Waals surface area contributed by atoms with Gasteiger partial charge in [-0.15, -0.1) is 24.0 Å². The molecule has 1 rings (SSSR count). The first-order valence-corrected chi connectivity index (χ1v) is 8.43. The van der Waals surface area contributed by atoms with Crippen LogP contribution in [0.25, 0.3) is 0 Å². The Balaban J connectivity index is 0.00000484. The van der Waals surface area contributed by atoms with Gasteiger partial charge in [-0.1, -0.05) is 20.8 Å². The fourth-order valence-electron chi connectivity index (χ4n) is 2.13. The third-order valence-corrected chi connectivity index (χ3v) is 3.43. The van der Waals surface area contributed by atoms with E-state index in [2.05, 4.69) is 55.3 Å². The lowest BCUT2D eigenvalue weighted by molar-refractivity contribution is 0.346. The van der Waals surface area contributed by atoms with E-state index in [1.807, 2.05) is 23.1 Å². The van der Waals surface area contributed by atoms with Crippen LogP contribution in [0.15, 0.2) is 23.5 Å². The molecule has 0 saturated heterocycles. The molecule has 1 aromatic heterocycles. The summed E-state index contributed by atoms with van der Waals surface area (Å²) < 4.78 is 1.95. The fourth-order valence-corrected chi connectivity index (χ4v) is 2.13. The standard InChI is InChI=1S/C17H33N5.HI/c1-6-18-16(21-15(2)9-10-17(3,4)5)19-11-7-13-22-14-8-12-20-22;/h8,12,14-15H,6-7,9-11,13H2,1-5H3,(H2,18,19,21);1H. The van der Waals surface area contributed by atoms with E-state index in [-0.39, 0.29) is 24.0 Å². The molecule has 5 nitrogen and oxygen atoms in total. The van der Waals surface area contributed by atoms with Crippen LogP contribution in [-0.2, 0) is 6.54 Å². The number of guanidine groups is 1. The number of aromatic nitrogens is 2. The van der Waals surface area contributed by atoms with Crippen LogP contribution in [-0.4, -0.2) is 34.9 Å². The number of hydrogen-bond acceptors (Lipinski definition) is 2. The molecular formula is C17H34IN5. The maximum absolute atomic E-state index is 4.65. The zero-order chi connectivity index (χ0) is 16.4. The lowest BCUT2D eigenvalue weighted by Crippen LogP contribution is -2.42. The van der Waals surface area contributed by atoms with Crippen LogP contribution < -0.4 is 10.6 Å². The van der Waals surface area contributed by atoms with Crippen LogP contribution in [0.4, 0.5) is 0 Å². The summed E-state index contributed by atoms with van der Waals surface area (Å²) in [4.78, 5) is 4.65. The monoisotopic (exact) mass is 435 g/mol. The number of nitrogens with one attached hydrogen (secondary N) is 2. The van der Waals surface area contributed by atoms with Crippen molar-refractivity contribution in [1.29, 1.82) is 0 Å². The summed E-state index contributed by atoms with van der Waals surface area (Å²) in [6.07, 6.45) is 7.16. The predicted octanol–water partition coefficient (Wildman–Crippen LogP) is 3.66. The maximum atomic E-state index is 4.65. The van der Waals surface area contributed by atoms with Gasteiger partial charge in [-0.2, -0.15) is 5.10 Å². The second-order valence-corrected chi connectivity index (χ2v) is 7.03. The van der Waals surface area contributed by atoms with Crippen molar-refractivity contribution in [2.24, 2.45) is 10.4 Å². The zero-order valence-electron chi connectivity index (χ0n) is 15.3. The van der Waals surface area contributed by atoms with E-state index in [1.165, 1.54) is 6.42 Å². The highest BCUT2D eigenvalue weighted by Crippen LogP contribution is 2.21. The topological polar surface area (TPSA) is 54.2 Å². The van der Waals surface area contributed by atoms with Gasteiger partial charge in [0.15, 0.2) is 5.96 Å². The lowest BCUT2D eigenvalue weighted by atomic mass is 9.89. The first kappa shape index (κ1) is 22.2. The van der Waals surface area contributed by atoms with Crippen LogP contribution in [0.5, 0.6) is 0 Å². The van der Waals surface area contributed by atoms with Gasteiger partial charge in [0.1, 0.15) is 0 Å². The molecule has 23 heavy (non-hydrogen) atoms. The summed E-state index contributed by atoms with van der Waals surface area (Å²) in [5, 5.41) is 11.0. The van der Waals surface area contributed by atoms with Crippen molar-refractivity contribution in [3.8, 4) is 0 Å². The van der Waals surface area contributed by atoms with Gasteiger partial charge >= 0.3 is 0 Å². The lowest BCUT2D eigenvalue weighted by Gasteiger charge is -2.23. The highest BCUT2D eigenvalue weighted by atomic mass is 127. The molecule has 2 N–H and O–H groups in total. The molecule has 0 aromatic carbocycles. The molecule has 1 unspecified atom stereocenters. The van der Waals surface area contributed by atoms with Gasteiger partial charge in [-0.05, 0) is 44.6 Å². The Labute approximate surface area is 158 Å². The SMILES string of the molecule is CCNC(=NCCCn1cccn1)NC(C)CCC(C)(C)C.I. The summed E-state index contributed by atoms with van der Waals surface area (Å²) in [6.45, 7) is 13.8. The predicted molar refractivity (Wildman–Crippen MR) is 110 cm³/mol. The third kappa shape index (κ3) is 11.4. The number of nitrogens with zero attached hydrogens (tertiary/aromatic N) is 3. The smallest absolute Gasteiger partial charge is 0.191 e. The Bertz CT molecular complexity index is 423. The van der Waals surface area contributed by atoms with E-state index in [0.717, 1.165) is 38.4 Å². The van der Waals surface area contributed by atoms with Crippen LogP contribution in [0.1, 0.15) is 53.9 Å². The molecule has 0 aliphatic heterocycles. The summed E-state index contributed by atoms with van der Waals surface area (Å²) in [5.74, 6) is 0.921. The van der Waals surface area contributed by atoms with E-state index in [9.17, 15) is 0 Å². The van der Waals surface area contributed by atoms with E-state index < -0.39 is 0 Å². The quantitative estimate of drug-likeness (QED) is 0.284.